The molecule has 0 aromatic rings. The zero-order valence-corrected chi connectivity index (χ0v) is 5.28. The van der Waals surface area contributed by atoms with Crippen LogP contribution in [-0.2, 0) is 0 Å². The van der Waals surface area contributed by atoms with Gasteiger partial charge in [-0.25, -0.2) is 0 Å². The van der Waals surface area contributed by atoms with Crippen molar-refractivity contribution in [2.45, 2.75) is 13.8 Å². The molecule has 0 saturated carbocycles. The largest absolute Gasteiger partial charge is 0.344 e. The highest BCUT2D eigenvalue weighted by Gasteiger charge is 1.15. The third-order valence-electron chi connectivity index (χ3n) is 0. The maximum Gasteiger partial charge on any atom is 0 e. The van der Waals surface area contributed by atoms with Crippen LogP contribution in [0.15, 0.2) is 25.3 Å². The van der Waals surface area contributed by atoms with Crippen molar-refractivity contribution in [3.63, 3.8) is 0 Å². The molecule has 7 heavy (non-hydrogen) atoms. The molecule has 0 spiro atoms. The second kappa shape index (κ2) is 51.7. The van der Waals surface area contributed by atoms with Crippen LogP contribution >= 0.6 is 0 Å². The van der Waals surface area contributed by atoms with Crippen molar-refractivity contribution in [3.8, 4) is 0 Å². The molecule has 0 aliphatic carbocycles. The van der Waals surface area contributed by atoms with Gasteiger partial charge < -0.3 is 6.15 Å². The predicted molar refractivity (Wildman–Crippen MR) is 38.9 cm³/mol. The van der Waals surface area contributed by atoms with Gasteiger partial charge in [-0.1, -0.05) is 12.2 Å². The van der Waals surface area contributed by atoms with Crippen LogP contribution in [0.5, 0.6) is 0 Å². The summed E-state index contributed by atoms with van der Waals surface area (Å²) < 4.78 is 0. The first-order valence-corrected chi connectivity index (χ1v) is 1.97. The molecule has 0 fully saturated rings. The lowest BCUT2D eigenvalue weighted by molar-refractivity contribution is 1.80. The highest BCUT2D eigenvalue weighted by Crippen LogP contribution is 1.38. The van der Waals surface area contributed by atoms with E-state index in [4.69, 9.17) is 0 Å². The second-order valence-electron chi connectivity index (χ2n) is 0.816. The molecule has 0 atom stereocenters. The predicted octanol–water partition coefficient (Wildman–Crippen LogP) is 2.79. The Labute approximate surface area is 47.8 Å². The summed E-state index contributed by atoms with van der Waals surface area (Å²) >= 11 is 0. The molecule has 1 heteroatoms. The van der Waals surface area contributed by atoms with E-state index >= 15 is 0 Å². The molecular weight excluding hydrogens is 86.1 g/mol. The van der Waals surface area contributed by atoms with E-state index in [1.165, 1.54) is 0 Å². The van der Waals surface area contributed by atoms with Gasteiger partial charge in [0.1, 0.15) is 0 Å². The molecule has 0 bridgehead atoms. The van der Waals surface area contributed by atoms with E-state index in [0.717, 1.165) is 0 Å². The van der Waals surface area contributed by atoms with Crippen molar-refractivity contribution in [1.82, 2.24) is 6.15 Å². The average molecular weight is 103 g/mol. The zero-order chi connectivity index (χ0) is 5.41. The summed E-state index contributed by atoms with van der Waals surface area (Å²) in [6, 6.07) is 0. The van der Waals surface area contributed by atoms with E-state index in [0.29, 0.717) is 0 Å². The van der Waals surface area contributed by atoms with Crippen LogP contribution in [0.25, 0.3) is 0 Å². The van der Waals surface area contributed by atoms with Gasteiger partial charge in [0, 0.05) is 1.43 Å². The van der Waals surface area contributed by atoms with E-state index in [1.54, 1.807) is 12.2 Å². The van der Waals surface area contributed by atoms with E-state index in [9.17, 15) is 0 Å². The maximum absolute atomic E-state index is 3.36. The topological polar surface area (TPSA) is 35.0 Å². The second-order valence-corrected chi connectivity index (χ2v) is 0.816. The monoisotopic (exact) mass is 103 g/mol. The minimum Gasteiger partial charge on any atom is -0.344 e. The van der Waals surface area contributed by atoms with Gasteiger partial charge in [-0.15, -0.1) is 13.2 Å². The Balaban J connectivity index is -0.0000000160. The molecule has 0 aromatic carbocycles. The Morgan fingerprint density at radius 2 is 1.14 bits per heavy atom. The Kier molecular flexibility index (Phi) is 119. The number of hydrogen-bond donors (Lipinski definition) is 1. The van der Waals surface area contributed by atoms with Crippen LogP contribution in [0.3, 0.4) is 0 Å². The van der Waals surface area contributed by atoms with Gasteiger partial charge in [0.05, 0.1) is 0 Å². The maximum atomic E-state index is 3.36. The third-order valence-corrected chi connectivity index (χ3v) is 0. The van der Waals surface area contributed by atoms with Crippen LogP contribution in [0.1, 0.15) is 15.3 Å². The zero-order valence-electron chi connectivity index (χ0n) is 5.28. The van der Waals surface area contributed by atoms with Crippen LogP contribution < -0.4 is 6.15 Å². The fraction of sp³-hybridized carbons (Fsp3) is 0.333. The average Bonchev–Trinajstić information content (AvgIpc) is 1.39. The van der Waals surface area contributed by atoms with Gasteiger partial charge in [-0.2, -0.15) is 0 Å². The Morgan fingerprint density at radius 3 is 1.14 bits per heavy atom. The highest BCUT2D eigenvalue weighted by molar-refractivity contribution is 4.51. The Bertz CT molecular complexity index is 29.5. The number of rotatable bonds is 0. The van der Waals surface area contributed by atoms with Crippen LogP contribution in [0.2, 0.25) is 0 Å². The lowest BCUT2D eigenvalue weighted by Crippen LogP contribution is -1.07. The molecule has 0 radical (unpaired) electrons. The first-order chi connectivity index (χ1) is 2.83. The van der Waals surface area contributed by atoms with Crippen molar-refractivity contribution in [1.29, 1.82) is 0 Å². The first-order valence-electron chi connectivity index (χ1n) is 1.97. The molecule has 0 rings (SSSR count). The van der Waals surface area contributed by atoms with Crippen LogP contribution in [0, 0.1) is 0 Å². The number of allylic oxidation sites excluding steroid dienone is 2. The molecule has 0 amide bonds. The van der Waals surface area contributed by atoms with Crippen molar-refractivity contribution >= 4 is 0 Å². The molecule has 0 saturated heterocycles. The highest BCUT2D eigenvalue weighted by atomic mass is 14.0. The standard InChI is InChI=1S/2C3H6.H3N.H2/c2*1-3-2;;/h2*3H,1H2,2H3;1H3;1H. The van der Waals surface area contributed by atoms with Gasteiger partial charge in [0.2, 0.25) is 0 Å². The molecule has 1 nitrogen and oxygen atoms in total. The van der Waals surface area contributed by atoms with E-state index in [2.05, 4.69) is 13.2 Å². The Hall–Kier alpha value is -0.560. The molecule has 0 aromatic heterocycles. The van der Waals surface area contributed by atoms with E-state index in [1.807, 2.05) is 13.8 Å². The summed E-state index contributed by atoms with van der Waals surface area (Å²) in [5.41, 5.74) is 0. The van der Waals surface area contributed by atoms with Crippen LogP contribution in [-0.4, -0.2) is 0 Å². The van der Waals surface area contributed by atoms with Gasteiger partial charge in [-0.05, 0) is 13.8 Å². The fourth-order valence-electron chi connectivity index (χ4n) is 0. The summed E-state index contributed by atoms with van der Waals surface area (Å²) in [6.45, 7) is 10.5. The SMILES string of the molecule is C=CC.C=CC.N.[HH]. The van der Waals surface area contributed by atoms with Crippen molar-refractivity contribution < 1.29 is 1.43 Å². The quantitative estimate of drug-likeness (QED) is 0.470. The summed E-state index contributed by atoms with van der Waals surface area (Å²) in [7, 11) is 0. The first kappa shape index (κ1) is 16.1. The minimum atomic E-state index is 0. The van der Waals surface area contributed by atoms with Gasteiger partial charge in [0.25, 0.3) is 0 Å². The molecule has 0 heterocycles. The molecule has 0 aliphatic rings. The smallest absolute Gasteiger partial charge is 0 e. The van der Waals surface area contributed by atoms with Crippen molar-refractivity contribution in [2.75, 3.05) is 0 Å². The van der Waals surface area contributed by atoms with Gasteiger partial charge >= 0.3 is 0 Å². The van der Waals surface area contributed by atoms with Crippen LogP contribution in [0.4, 0.5) is 0 Å². The minimum absolute atomic E-state index is 0. The summed E-state index contributed by atoms with van der Waals surface area (Å²) in [5.74, 6) is 0. The normalized spacial score (nSPS) is 3.71. The molecule has 0 unspecified atom stereocenters. The summed E-state index contributed by atoms with van der Waals surface area (Å²) in [4.78, 5) is 0. The van der Waals surface area contributed by atoms with E-state index < -0.39 is 0 Å². The van der Waals surface area contributed by atoms with Gasteiger partial charge in [-0.3, -0.25) is 0 Å². The lowest BCUT2D eigenvalue weighted by Gasteiger charge is -1.31. The Morgan fingerprint density at radius 1 is 1.14 bits per heavy atom. The molecule has 3 N–H and O–H groups in total. The fourth-order valence-corrected chi connectivity index (χ4v) is 0. The van der Waals surface area contributed by atoms with E-state index in [-0.39, 0.29) is 7.58 Å². The molecule has 46 valence electrons. The summed E-state index contributed by atoms with van der Waals surface area (Å²) in [6.07, 6.45) is 3.50. The third kappa shape index (κ3) is 205. The number of hydrogen-bond acceptors (Lipinski definition) is 1. The summed E-state index contributed by atoms with van der Waals surface area (Å²) in [5, 5.41) is 0. The molecular formula is C6H17N. The van der Waals surface area contributed by atoms with Gasteiger partial charge in [0.15, 0.2) is 0 Å². The van der Waals surface area contributed by atoms with Crippen molar-refractivity contribution in [2.24, 2.45) is 0 Å². The lowest BCUT2D eigenvalue weighted by atomic mass is 10.8. The van der Waals surface area contributed by atoms with Crippen molar-refractivity contribution in [3.05, 3.63) is 25.3 Å². The molecule has 0 aliphatic heterocycles.